The highest BCUT2D eigenvalue weighted by Gasteiger charge is 2.37. The van der Waals surface area contributed by atoms with Gasteiger partial charge in [0.15, 0.2) is 5.82 Å². The average molecular weight is 419 g/mol. The number of nitrogens with zero attached hydrogens (tertiary/aromatic N) is 2. The minimum atomic E-state index is -0.650. The van der Waals surface area contributed by atoms with Crippen molar-refractivity contribution in [3.8, 4) is 0 Å². The molecule has 0 bridgehead atoms. The molecule has 0 saturated heterocycles. The third kappa shape index (κ3) is 3.43. The van der Waals surface area contributed by atoms with Gasteiger partial charge in [-0.15, -0.1) is 0 Å². The van der Waals surface area contributed by atoms with Crippen molar-refractivity contribution in [2.24, 2.45) is 0 Å². The Kier molecular flexibility index (Phi) is 4.88. The van der Waals surface area contributed by atoms with Crippen LogP contribution in [0.15, 0.2) is 24.4 Å². The van der Waals surface area contributed by atoms with Crippen LogP contribution in [0.3, 0.4) is 0 Å². The van der Waals surface area contributed by atoms with Crippen LogP contribution in [0.5, 0.6) is 0 Å². The molecule has 25 heavy (non-hydrogen) atoms. The quantitative estimate of drug-likeness (QED) is 0.765. The lowest BCUT2D eigenvalue weighted by Gasteiger charge is -2.13. The Morgan fingerprint density at radius 1 is 0.960 bits per heavy atom. The van der Waals surface area contributed by atoms with Gasteiger partial charge >= 0.3 is 0 Å². The molecule has 0 spiro atoms. The number of anilines is 1. The third-order valence-corrected chi connectivity index (χ3v) is 4.60. The zero-order chi connectivity index (χ0) is 18.3. The number of pyridine rings is 1. The van der Waals surface area contributed by atoms with Gasteiger partial charge in [0.25, 0.3) is 11.8 Å². The molecule has 0 radical (unpaired) electrons. The maximum atomic E-state index is 12.3. The first-order valence-corrected chi connectivity index (χ1v) is 8.25. The summed E-state index contributed by atoms with van der Waals surface area (Å²) in [6.45, 7) is -0.512. The van der Waals surface area contributed by atoms with Gasteiger partial charge in [0.2, 0.25) is 5.91 Å². The highest BCUT2D eigenvalue weighted by molar-refractivity contribution is 6.43. The first-order valence-electron chi connectivity index (χ1n) is 6.74. The SMILES string of the molecule is O=C(CN1C(=O)c2cc(Cl)c(Cl)cc2C1=O)Nc1ncc(Cl)cc1Cl. The van der Waals surface area contributed by atoms with E-state index in [4.69, 9.17) is 46.4 Å². The maximum Gasteiger partial charge on any atom is 0.262 e. The molecule has 1 aliphatic heterocycles. The number of amides is 3. The third-order valence-electron chi connectivity index (χ3n) is 3.38. The van der Waals surface area contributed by atoms with E-state index in [1.165, 1.54) is 24.4 Å². The number of rotatable bonds is 3. The Morgan fingerprint density at radius 3 is 2.04 bits per heavy atom. The molecule has 10 heteroatoms. The molecule has 1 N–H and O–H groups in total. The number of fused-ring (bicyclic) bond motifs is 1. The fourth-order valence-electron chi connectivity index (χ4n) is 2.25. The molecule has 128 valence electrons. The van der Waals surface area contributed by atoms with Crippen molar-refractivity contribution >= 4 is 69.9 Å². The number of carbonyl (C=O) groups excluding carboxylic acids is 3. The molecule has 0 unspecified atom stereocenters. The number of hydrogen-bond acceptors (Lipinski definition) is 4. The largest absolute Gasteiger partial charge is 0.308 e. The second kappa shape index (κ2) is 6.80. The van der Waals surface area contributed by atoms with Crippen molar-refractivity contribution in [1.82, 2.24) is 9.88 Å². The summed E-state index contributed by atoms with van der Waals surface area (Å²) in [6.07, 6.45) is 1.30. The van der Waals surface area contributed by atoms with Gasteiger partial charge in [0.05, 0.1) is 31.2 Å². The van der Waals surface area contributed by atoms with Crippen molar-refractivity contribution in [3.63, 3.8) is 0 Å². The average Bonchev–Trinajstić information content (AvgIpc) is 2.76. The monoisotopic (exact) mass is 417 g/mol. The molecule has 0 atom stereocenters. The highest BCUT2D eigenvalue weighted by atomic mass is 35.5. The van der Waals surface area contributed by atoms with Crippen LogP contribution in [0, 0.1) is 0 Å². The van der Waals surface area contributed by atoms with Crippen LogP contribution >= 0.6 is 46.4 Å². The smallest absolute Gasteiger partial charge is 0.262 e. The Labute approximate surface area is 161 Å². The second-order valence-corrected chi connectivity index (χ2v) is 6.70. The van der Waals surface area contributed by atoms with Crippen LogP contribution in [0.2, 0.25) is 20.1 Å². The summed E-state index contributed by atoms with van der Waals surface area (Å²) in [5, 5.41) is 3.13. The molecule has 3 rings (SSSR count). The van der Waals surface area contributed by atoms with Crippen LogP contribution in [0.4, 0.5) is 5.82 Å². The van der Waals surface area contributed by atoms with Gasteiger partial charge in [-0.2, -0.15) is 0 Å². The molecule has 1 aromatic carbocycles. The summed E-state index contributed by atoms with van der Waals surface area (Å²) in [7, 11) is 0. The van der Waals surface area contributed by atoms with Crippen LogP contribution in [-0.4, -0.2) is 34.2 Å². The summed E-state index contributed by atoms with van der Waals surface area (Å²) in [6, 6.07) is 4.00. The lowest BCUT2D eigenvalue weighted by Crippen LogP contribution is -2.37. The molecule has 0 fully saturated rings. The first kappa shape index (κ1) is 17.9. The first-order chi connectivity index (χ1) is 11.8. The minimum Gasteiger partial charge on any atom is -0.308 e. The van der Waals surface area contributed by atoms with Crippen molar-refractivity contribution in [2.45, 2.75) is 0 Å². The predicted octanol–water partition coefficient (Wildman–Crippen LogP) is 3.93. The fourth-order valence-corrected chi connectivity index (χ4v) is 3.00. The van der Waals surface area contributed by atoms with E-state index in [1.54, 1.807) is 0 Å². The molecular weight excluding hydrogens is 412 g/mol. The lowest BCUT2D eigenvalue weighted by atomic mass is 10.1. The number of aromatic nitrogens is 1. The van der Waals surface area contributed by atoms with Gasteiger partial charge in [0, 0.05) is 6.20 Å². The van der Waals surface area contributed by atoms with Crippen molar-refractivity contribution < 1.29 is 14.4 Å². The van der Waals surface area contributed by atoms with Crippen LogP contribution in [0.1, 0.15) is 20.7 Å². The fraction of sp³-hybridized carbons (Fsp3) is 0.0667. The summed E-state index contributed by atoms with van der Waals surface area (Å²) >= 11 is 23.4. The molecule has 2 aromatic rings. The second-order valence-electron chi connectivity index (χ2n) is 5.04. The van der Waals surface area contributed by atoms with Crippen LogP contribution in [0.25, 0.3) is 0 Å². The van der Waals surface area contributed by atoms with E-state index < -0.39 is 24.3 Å². The summed E-state index contributed by atoms with van der Waals surface area (Å²) in [4.78, 5) is 41.5. The van der Waals surface area contributed by atoms with Crippen LogP contribution < -0.4 is 5.32 Å². The topological polar surface area (TPSA) is 79.4 Å². The summed E-state index contributed by atoms with van der Waals surface area (Å²) in [5.41, 5.74) is 0.185. The minimum absolute atomic E-state index is 0.0683. The molecule has 1 aliphatic rings. The molecule has 1 aromatic heterocycles. The number of hydrogen-bond donors (Lipinski definition) is 1. The van der Waals surface area contributed by atoms with Crippen molar-refractivity contribution in [2.75, 3.05) is 11.9 Å². The van der Waals surface area contributed by atoms with E-state index in [1.807, 2.05) is 0 Å². The van der Waals surface area contributed by atoms with Gasteiger partial charge in [-0.25, -0.2) is 4.98 Å². The Morgan fingerprint density at radius 2 is 1.52 bits per heavy atom. The Hall–Kier alpha value is -1.86. The van der Waals surface area contributed by atoms with E-state index in [-0.39, 0.29) is 32.0 Å². The number of imide groups is 1. The number of nitrogens with one attached hydrogen (secondary N) is 1. The standard InChI is InChI=1S/C15H7Cl4N3O3/c16-6-1-11(19)13(20-4-6)21-12(23)5-22-14(24)7-2-9(17)10(18)3-8(7)15(22)25/h1-4H,5H2,(H,20,21,23). The normalized spacial score (nSPS) is 13.2. The van der Waals surface area contributed by atoms with Crippen molar-refractivity contribution in [1.29, 1.82) is 0 Å². The number of carbonyl (C=O) groups is 3. The molecular formula is C15H7Cl4N3O3. The van der Waals surface area contributed by atoms with E-state index >= 15 is 0 Å². The molecule has 0 saturated carbocycles. The molecule has 6 nitrogen and oxygen atoms in total. The molecule has 2 heterocycles. The van der Waals surface area contributed by atoms with E-state index in [0.717, 1.165) is 4.90 Å². The number of halogens is 4. The summed E-state index contributed by atoms with van der Waals surface area (Å²) in [5.74, 6) is -1.85. The Balaban J connectivity index is 1.78. The van der Waals surface area contributed by atoms with Gasteiger partial charge in [-0.3, -0.25) is 19.3 Å². The van der Waals surface area contributed by atoms with Gasteiger partial charge in [-0.1, -0.05) is 46.4 Å². The maximum absolute atomic E-state index is 12.3. The van der Waals surface area contributed by atoms with E-state index in [2.05, 4.69) is 10.3 Å². The molecule has 3 amide bonds. The van der Waals surface area contributed by atoms with Gasteiger partial charge in [-0.05, 0) is 18.2 Å². The zero-order valence-corrected chi connectivity index (χ0v) is 15.2. The van der Waals surface area contributed by atoms with Gasteiger partial charge < -0.3 is 5.32 Å². The van der Waals surface area contributed by atoms with Crippen LogP contribution in [-0.2, 0) is 4.79 Å². The van der Waals surface area contributed by atoms with Crippen molar-refractivity contribution in [3.05, 3.63) is 55.6 Å². The Bertz CT molecular complexity index is 891. The molecule has 0 aliphatic carbocycles. The zero-order valence-electron chi connectivity index (χ0n) is 12.1. The lowest BCUT2D eigenvalue weighted by molar-refractivity contribution is -0.116. The predicted molar refractivity (Wildman–Crippen MR) is 94.7 cm³/mol. The van der Waals surface area contributed by atoms with E-state index in [9.17, 15) is 14.4 Å². The summed E-state index contributed by atoms with van der Waals surface area (Å²) < 4.78 is 0. The van der Waals surface area contributed by atoms with Gasteiger partial charge in [0.1, 0.15) is 6.54 Å². The van der Waals surface area contributed by atoms with E-state index in [0.29, 0.717) is 5.02 Å². The highest BCUT2D eigenvalue weighted by Crippen LogP contribution is 2.31. The number of benzene rings is 1.